The van der Waals surface area contributed by atoms with Crippen LogP contribution in [0.3, 0.4) is 0 Å². The molecule has 0 atom stereocenters. The van der Waals surface area contributed by atoms with E-state index in [-0.39, 0.29) is 11.3 Å². The van der Waals surface area contributed by atoms with E-state index in [1.54, 1.807) is 10.8 Å². The zero-order chi connectivity index (χ0) is 11.8. The Morgan fingerprint density at radius 1 is 1.56 bits per heavy atom. The molecule has 16 heavy (non-hydrogen) atoms. The van der Waals surface area contributed by atoms with E-state index < -0.39 is 0 Å². The topological polar surface area (TPSA) is 72.2 Å². The van der Waals surface area contributed by atoms with E-state index >= 15 is 0 Å². The van der Waals surface area contributed by atoms with Gasteiger partial charge in [0.25, 0.3) is 0 Å². The maximum absolute atomic E-state index is 11.6. The van der Waals surface area contributed by atoms with E-state index in [1.165, 1.54) is 11.3 Å². The van der Waals surface area contributed by atoms with Crippen molar-refractivity contribution in [3.63, 3.8) is 0 Å². The first-order valence-corrected chi connectivity index (χ1v) is 5.72. The second-order valence-electron chi connectivity index (χ2n) is 4.49. The highest BCUT2D eigenvalue weighted by Gasteiger charge is 2.21. The number of hydrogen-bond acceptors (Lipinski definition) is 5. The van der Waals surface area contributed by atoms with Gasteiger partial charge in [0.05, 0.1) is 6.54 Å². The fourth-order valence-corrected chi connectivity index (χ4v) is 1.85. The third-order valence-electron chi connectivity index (χ3n) is 2.01. The first-order chi connectivity index (χ1) is 7.47. The SMILES string of the molecule is CC(C)(C)C(=O)NCc1nn2cnnc2s1. The summed E-state index contributed by atoms with van der Waals surface area (Å²) in [5.41, 5.74) is -0.376. The predicted molar refractivity (Wildman–Crippen MR) is 60.0 cm³/mol. The fourth-order valence-electron chi connectivity index (χ4n) is 1.09. The number of aromatic nitrogens is 4. The Morgan fingerprint density at radius 3 is 2.94 bits per heavy atom. The predicted octanol–water partition coefficient (Wildman–Crippen LogP) is 0.848. The van der Waals surface area contributed by atoms with Gasteiger partial charge >= 0.3 is 0 Å². The summed E-state index contributed by atoms with van der Waals surface area (Å²) in [5, 5.41) is 15.5. The van der Waals surface area contributed by atoms with E-state index in [4.69, 9.17) is 0 Å². The van der Waals surface area contributed by atoms with Crippen molar-refractivity contribution in [3.05, 3.63) is 11.3 Å². The van der Waals surface area contributed by atoms with E-state index in [0.29, 0.717) is 6.54 Å². The monoisotopic (exact) mass is 239 g/mol. The lowest BCUT2D eigenvalue weighted by molar-refractivity contribution is -0.128. The van der Waals surface area contributed by atoms with Crippen molar-refractivity contribution in [2.24, 2.45) is 5.41 Å². The van der Waals surface area contributed by atoms with E-state index in [9.17, 15) is 4.79 Å². The molecule has 0 bridgehead atoms. The van der Waals surface area contributed by atoms with Crippen LogP contribution in [-0.2, 0) is 11.3 Å². The normalized spacial score (nSPS) is 11.9. The van der Waals surface area contributed by atoms with Crippen LogP contribution in [-0.4, -0.2) is 25.7 Å². The molecule has 0 unspecified atom stereocenters. The van der Waals surface area contributed by atoms with E-state index in [2.05, 4.69) is 20.6 Å². The van der Waals surface area contributed by atoms with Crippen LogP contribution < -0.4 is 5.32 Å². The molecule has 0 saturated heterocycles. The standard InChI is InChI=1S/C9H13N5OS/c1-9(2,3)7(15)10-4-6-13-14-5-11-12-8(14)16-6/h5H,4H2,1-3H3,(H,10,15). The molecule has 0 fully saturated rings. The van der Waals surface area contributed by atoms with Crippen molar-refractivity contribution in [1.82, 2.24) is 25.1 Å². The highest BCUT2D eigenvalue weighted by atomic mass is 32.1. The number of nitrogens with zero attached hydrogens (tertiary/aromatic N) is 4. The number of rotatable bonds is 2. The summed E-state index contributed by atoms with van der Waals surface area (Å²) in [4.78, 5) is 12.4. The van der Waals surface area contributed by atoms with Gasteiger partial charge in [0.1, 0.15) is 11.3 Å². The lowest BCUT2D eigenvalue weighted by Gasteiger charge is -2.16. The Kier molecular flexibility index (Phi) is 2.63. The molecule has 2 heterocycles. The Bertz CT molecular complexity index is 481. The smallest absolute Gasteiger partial charge is 0.234 e. The zero-order valence-electron chi connectivity index (χ0n) is 9.39. The van der Waals surface area contributed by atoms with Gasteiger partial charge in [-0.3, -0.25) is 4.79 Å². The van der Waals surface area contributed by atoms with Crippen LogP contribution in [0.5, 0.6) is 0 Å². The molecule has 1 N–H and O–H groups in total. The van der Waals surface area contributed by atoms with Crippen molar-refractivity contribution in [2.75, 3.05) is 0 Å². The van der Waals surface area contributed by atoms with Gasteiger partial charge in [0.2, 0.25) is 10.9 Å². The number of fused-ring (bicyclic) bond motifs is 1. The van der Waals surface area contributed by atoms with Crippen LogP contribution in [0.15, 0.2) is 6.33 Å². The van der Waals surface area contributed by atoms with Gasteiger partial charge in [-0.1, -0.05) is 32.1 Å². The molecule has 0 aliphatic heterocycles. The van der Waals surface area contributed by atoms with E-state index in [1.807, 2.05) is 20.8 Å². The van der Waals surface area contributed by atoms with Gasteiger partial charge in [-0.05, 0) is 0 Å². The largest absolute Gasteiger partial charge is 0.349 e. The maximum atomic E-state index is 11.6. The minimum absolute atomic E-state index is 0.0125. The van der Waals surface area contributed by atoms with Gasteiger partial charge < -0.3 is 5.32 Å². The first-order valence-electron chi connectivity index (χ1n) is 4.91. The molecule has 7 heteroatoms. The number of nitrogens with one attached hydrogen (secondary N) is 1. The second kappa shape index (κ2) is 3.82. The quantitative estimate of drug-likeness (QED) is 0.843. The van der Waals surface area contributed by atoms with Gasteiger partial charge in [-0.15, -0.1) is 10.2 Å². The molecule has 0 aliphatic rings. The third kappa shape index (κ3) is 2.19. The molecular formula is C9H13N5OS. The highest BCUT2D eigenvalue weighted by molar-refractivity contribution is 7.16. The molecular weight excluding hydrogens is 226 g/mol. The van der Waals surface area contributed by atoms with Crippen molar-refractivity contribution >= 4 is 22.2 Å². The third-order valence-corrected chi connectivity index (χ3v) is 2.92. The molecule has 2 rings (SSSR count). The summed E-state index contributed by atoms with van der Waals surface area (Å²) in [5.74, 6) is 0.0125. The molecule has 86 valence electrons. The minimum atomic E-state index is -0.376. The molecule has 1 amide bonds. The summed E-state index contributed by atoms with van der Waals surface area (Å²) >= 11 is 1.42. The number of hydrogen-bond donors (Lipinski definition) is 1. The number of amides is 1. The molecule has 6 nitrogen and oxygen atoms in total. The van der Waals surface area contributed by atoms with Gasteiger partial charge in [0, 0.05) is 5.41 Å². The average Bonchev–Trinajstić information content (AvgIpc) is 2.71. The van der Waals surface area contributed by atoms with Gasteiger partial charge in [-0.25, -0.2) is 0 Å². The average molecular weight is 239 g/mol. The molecule has 0 radical (unpaired) electrons. The van der Waals surface area contributed by atoms with Crippen molar-refractivity contribution in [1.29, 1.82) is 0 Å². The highest BCUT2D eigenvalue weighted by Crippen LogP contribution is 2.14. The number of carbonyl (C=O) groups excluding carboxylic acids is 1. The molecule has 0 aliphatic carbocycles. The zero-order valence-corrected chi connectivity index (χ0v) is 10.2. The molecule has 0 spiro atoms. The molecule has 2 aromatic heterocycles. The van der Waals surface area contributed by atoms with Gasteiger partial charge in [0.15, 0.2) is 0 Å². The lowest BCUT2D eigenvalue weighted by Crippen LogP contribution is -2.34. The summed E-state index contributed by atoms with van der Waals surface area (Å²) in [6.45, 7) is 6.06. The van der Waals surface area contributed by atoms with Crippen LogP contribution in [0, 0.1) is 5.41 Å². The Labute approximate surface area is 96.7 Å². The minimum Gasteiger partial charge on any atom is -0.349 e. The first kappa shape index (κ1) is 11.0. The van der Waals surface area contributed by atoms with Crippen LogP contribution in [0.25, 0.3) is 4.96 Å². The van der Waals surface area contributed by atoms with Crippen molar-refractivity contribution < 1.29 is 4.79 Å². The van der Waals surface area contributed by atoms with Crippen LogP contribution in [0.2, 0.25) is 0 Å². The second-order valence-corrected chi connectivity index (χ2v) is 5.53. The van der Waals surface area contributed by atoms with Gasteiger partial charge in [-0.2, -0.15) is 9.61 Å². The van der Waals surface area contributed by atoms with Crippen molar-refractivity contribution in [2.45, 2.75) is 27.3 Å². The molecule has 0 saturated carbocycles. The lowest BCUT2D eigenvalue weighted by atomic mass is 9.96. The maximum Gasteiger partial charge on any atom is 0.234 e. The van der Waals surface area contributed by atoms with Crippen LogP contribution in [0.4, 0.5) is 0 Å². The summed E-state index contributed by atoms with van der Waals surface area (Å²) < 4.78 is 1.60. The summed E-state index contributed by atoms with van der Waals surface area (Å²) in [6, 6.07) is 0. The fraction of sp³-hybridized carbons (Fsp3) is 0.556. The Hall–Kier alpha value is -1.50. The Morgan fingerprint density at radius 2 is 2.31 bits per heavy atom. The summed E-state index contributed by atoms with van der Waals surface area (Å²) in [6.07, 6.45) is 1.54. The van der Waals surface area contributed by atoms with Crippen LogP contribution >= 0.6 is 11.3 Å². The molecule has 2 aromatic rings. The number of carbonyl (C=O) groups is 1. The van der Waals surface area contributed by atoms with Crippen LogP contribution in [0.1, 0.15) is 25.8 Å². The summed E-state index contributed by atoms with van der Waals surface area (Å²) in [7, 11) is 0. The Balaban J connectivity index is 2.01. The van der Waals surface area contributed by atoms with Crippen molar-refractivity contribution in [3.8, 4) is 0 Å². The van der Waals surface area contributed by atoms with E-state index in [0.717, 1.165) is 9.97 Å². The molecule has 0 aromatic carbocycles.